The van der Waals surface area contributed by atoms with Gasteiger partial charge in [-0.3, -0.25) is 4.68 Å². The van der Waals surface area contributed by atoms with Crippen LogP contribution in [-0.4, -0.2) is 36.1 Å². The SMILES string of the molecule is CCNCC1(Cc2cnn(C)c2)CCOC1. The number of hydrogen-bond donors (Lipinski definition) is 1. The smallest absolute Gasteiger partial charge is 0.0538 e. The Bertz CT molecular complexity index is 329. The number of ether oxygens (including phenoxy) is 1. The summed E-state index contributed by atoms with van der Waals surface area (Å²) in [5.41, 5.74) is 1.59. The van der Waals surface area contributed by atoms with Gasteiger partial charge >= 0.3 is 0 Å². The number of nitrogens with one attached hydrogen (secondary N) is 1. The maximum absolute atomic E-state index is 5.57. The largest absolute Gasteiger partial charge is 0.381 e. The molecule has 2 rings (SSSR count). The van der Waals surface area contributed by atoms with Crippen molar-refractivity contribution < 1.29 is 4.74 Å². The Morgan fingerprint density at radius 2 is 2.50 bits per heavy atom. The highest BCUT2D eigenvalue weighted by Crippen LogP contribution is 2.31. The minimum Gasteiger partial charge on any atom is -0.381 e. The molecule has 1 aliphatic rings. The zero-order chi connectivity index (χ0) is 11.4. The maximum atomic E-state index is 5.57. The molecule has 4 heteroatoms. The van der Waals surface area contributed by atoms with Gasteiger partial charge < -0.3 is 10.1 Å². The second-order valence-electron chi connectivity index (χ2n) is 4.78. The Balaban J connectivity index is 2.02. The number of hydrogen-bond acceptors (Lipinski definition) is 3. The molecule has 1 atom stereocenters. The lowest BCUT2D eigenvalue weighted by atomic mass is 9.81. The summed E-state index contributed by atoms with van der Waals surface area (Å²) in [5, 5.41) is 7.68. The average Bonchev–Trinajstić information content (AvgIpc) is 2.87. The van der Waals surface area contributed by atoms with Crippen molar-refractivity contribution in [2.75, 3.05) is 26.3 Å². The second-order valence-corrected chi connectivity index (χ2v) is 4.78. The molecule has 0 aromatic carbocycles. The van der Waals surface area contributed by atoms with Crippen molar-refractivity contribution >= 4 is 0 Å². The second kappa shape index (κ2) is 4.97. The quantitative estimate of drug-likeness (QED) is 0.808. The van der Waals surface area contributed by atoms with Crippen LogP contribution < -0.4 is 5.32 Å². The molecule has 1 aromatic rings. The van der Waals surface area contributed by atoms with Crippen LogP contribution in [0, 0.1) is 5.41 Å². The summed E-state index contributed by atoms with van der Waals surface area (Å²) in [6, 6.07) is 0. The molecule has 16 heavy (non-hydrogen) atoms. The van der Waals surface area contributed by atoms with Gasteiger partial charge in [-0.25, -0.2) is 0 Å². The topological polar surface area (TPSA) is 39.1 Å². The number of aryl methyl sites for hydroxylation is 1. The van der Waals surface area contributed by atoms with Crippen LogP contribution in [0.1, 0.15) is 18.9 Å². The zero-order valence-corrected chi connectivity index (χ0v) is 10.2. The van der Waals surface area contributed by atoms with Crippen LogP contribution in [0.15, 0.2) is 12.4 Å². The van der Waals surface area contributed by atoms with Crippen LogP contribution >= 0.6 is 0 Å². The van der Waals surface area contributed by atoms with Gasteiger partial charge in [-0.2, -0.15) is 5.10 Å². The number of aromatic nitrogens is 2. The van der Waals surface area contributed by atoms with E-state index < -0.39 is 0 Å². The van der Waals surface area contributed by atoms with Crippen LogP contribution in [0.3, 0.4) is 0 Å². The first kappa shape index (κ1) is 11.6. The van der Waals surface area contributed by atoms with E-state index in [2.05, 4.69) is 23.5 Å². The minimum absolute atomic E-state index is 0.277. The van der Waals surface area contributed by atoms with Crippen molar-refractivity contribution in [2.24, 2.45) is 12.5 Å². The highest BCUT2D eigenvalue weighted by Gasteiger charge is 2.34. The van der Waals surface area contributed by atoms with E-state index in [1.54, 1.807) is 0 Å². The van der Waals surface area contributed by atoms with E-state index >= 15 is 0 Å². The fraction of sp³-hybridized carbons (Fsp3) is 0.750. The summed E-state index contributed by atoms with van der Waals surface area (Å²) in [6.07, 6.45) is 6.28. The van der Waals surface area contributed by atoms with Crippen LogP contribution in [-0.2, 0) is 18.2 Å². The predicted molar refractivity (Wildman–Crippen MR) is 63.3 cm³/mol. The fourth-order valence-electron chi connectivity index (χ4n) is 2.38. The lowest BCUT2D eigenvalue weighted by Gasteiger charge is -2.27. The molecule has 1 aromatic heterocycles. The Labute approximate surface area is 97.0 Å². The third-order valence-electron chi connectivity index (χ3n) is 3.27. The van der Waals surface area contributed by atoms with Gasteiger partial charge in [0.15, 0.2) is 0 Å². The molecule has 2 heterocycles. The lowest BCUT2D eigenvalue weighted by Crippen LogP contribution is -2.36. The summed E-state index contributed by atoms with van der Waals surface area (Å²) < 4.78 is 7.44. The number of nitrogens with zero attached hydrogens (tertiary/aromatic N) is 2. The first-order valence-electron chi connectivity index (χ1n) is 6.00. The fourth-order valence-corrected chi connectivity index (χ4v) is 2.38. The average molecular weight is 223 g/mol. The van der Waals surface area contributed by atoms with Gasteiger partial charge in [0.1, 0.15) is 0 Å². The molecule has 1 N–H and O–H groups in total. The molecule has 1 unspecified atom stereocenters. The van der Waals surface area contributed by atoms with Crippen molar-refractivity contribution in [3.8, 4) is 0 Å². The molecular weight excluding hydrogens is 202 g/mol. The molecule has 0 aliphatic carbocycles. The Morgan fingerprint density at radius 3 is 3.06 bits per heavy atom. The highest BCUT2D eigenvalue weighted by atomic mass is 16.5. The van der Waals surface area contributed by atoms with Gasteiger partial charge in [-0.15, -0.1) is 0 Å². The minimum atomic E-state index is 0.277. The van der Waals surface area contributed by atoms with Crippen molar-refractivity contribution in [1.29, 1.82) is 0 Å². The van der Waals surface area contributed by atoms with E-state index in [-0.39, 0.29) is 5.41 Å². The molecule has 0 saturated carbocycles. The van der Waals surface area contributed by atoms with Crippen LogP contribution in [0.25, 0.3) is 0 Å². The van der Waals surface area contributed by atoms with Crippen molar-refractivity contribution in [2.45, 2.75) is 19.8 Å². The molecule has 4 nitrogen and oxygen atoms in total. The summed E-state index contributed by atoms with van der Waals surface area (Å²) in [4.78, 5) is 0. The Morgan fingerprint density at radius 1 is 1.62 bits per heavy atom. The third kappa shape index (κ3) is 2.62. The Hall–Kier alpha value is -0.870. The highest BCUT2D eigenvalue weighted by molar-refractivity contribution is 5.09. The van der Waals surface area contributed by atoms with Gasteiger partial charge in [0.25, 0.3) is 0 Å². The van der Waals surface area contributed by atoms with E-state index in [0.717, 1.165) is 39.1 Å². The normalized spacial score (nSPS) is 25.1. The lowest BCUT2D eigenvalue weighted by molar-refractivity contribution is 0.149. The molecule has 1 aliphatic heterocycles. The van der Waals surface area contributed by atoms with Gasteiger partial charge in [0.05, 0.1) is 12.8 Å². The molecule has 0 spiro atoms. The maximum Gasteiger partial charge on any atom is 0.0538 e. The molecule has 1 fully saturated rings. The summed E-state index contributed by atoms with van der Waals surface area (Å²) in [5.74, 6) is 0. The van der Waals surface area contributed by atoms with Crippen LogP contribution in [0.2, 0.25) is 0 Å². The standard InChI is InChI=1S/C12H21N3O/c1-3-13-9-12(4-5-16-10-12)6-11-7-14-15(2)8-11/h7-8,13H,3-6,9-10H2,1-2H3. The van der Waals surface area contributed by atoms with E-state index in [4.69, 9.17) is 4.74 Å². The monoisotopic (exact) mass is 223 g/mol. The first-order chi connectivity index (χ1) is 7.74. The van der Waals surface area contributed by atoms with Gasteiger partial charge in [0.2, 0.25) is 0 Å². The molecule has 0 bridgehead atoms. The Kier molecular flexibility index (Phi) is 3.61. The molecule has 90 valence electrons. The molecule has 0 amide bonds. The van der Waals surface area contributed by atoms with Gasteiger partial charge in [0, 0.05) is 31.8 Å². The van der Waals surface area contributed by atoms with E-state index in [9.17, 15) is 0 Å². The number of rotatable bonds is 5. The van der Waals surface area contributed by atoms with Crippen molar-refractivity contribution in [3.05, 3.63) is 18.0 Å². The molecular formula is C12H21N3O. The first-order valence-corrected chi connectivity index (χ1v) is 6.00. The van der Waals surface area contributed by atoms with Crippen molar-refractivity contribution in [3.63, 3.8) is 0 Å². The van der Waals surface area contributed by atoms with E-state index in [1.807, 2.05) is 17.9 Å². The van der Waals surface area contributed by atoms with Crippen LogP contribution in [0.5, 0.6) is 0 Å². The summed E-state index contributed by atoms with van der Waals surface area (Å²) in [7, 11) is 1.96. The summed E-state index contributed by atoms with van der Waals surface area (Å²) in [6.45, 7) is 5.97. The predicted octanol–water partition coefficient (Wildman–Crippen LogP) is 0.979. The zero-order valence-electron chi connectivity index (χ0n) is 10.2. The van der Waals surface area contributed by atoms with Crippen LogP contribution in [0.4, 0.5) is 0 Å². The summed E-state index contributed by atoms with van der Waals surface area (Å²) >= 11 is 0. The van der Waals surface area contributed by atoms with Gasteiger partial charge in [-0.1, -0.05) is 6.92 Å². The molecule has 1 saturated heterocycles. The molecule has 0 radical (unpaired) electrons. The van der Waals surface area contributed by atoms with E-state index in [0.29, 0.717) is 0 Å². The van der Waals surface area contributed by atoms with Crippen molar-refractivity contribution in [1.82, 2.24) is 15.1 Å². The van der Waals surface area contributed by atoms with E-state index in [1.165, 1.54) is 5.56 Å². The third-order valence-corrected chi connectivity index (χ3v) is 3.27. The van der Waals surface area contributed by atoms with Gasteiger partial charge in [-0.05, 0) is 24.9 Å².